The van der Waals surface area contributed by atoms with Gasteiger partial charge in [-0.25, -0.2) is 0 Å². The minimum atomic E-state index is -0.575. The fraction of sp³-hybridized carbons (Fsp3) is 0.556. The molecule has 0 aliphatic rings. The van der Waals surface area contributed by atoms with Crippen molar-refractivity contribution in [1.82, 2.24) is 4.90 Å². The summed E-state index contributed by atoms with van der Waals surface area (Å²) in [6.45, 7) is 6.72. The lowest BCUT2D eigenvalue weighted by atomic mass is 10.1. The van der Waals surface area contributed by atoms with Crippen molar-refractivity contribution in [2.75, 3.05) is 54.2 Å². The van der Waals surface area contributed by atoms with Crippen molar-refractivity contribution < 1.29 is 24.1 Å². The number of hydrogen-bond donors (Lipinski definition) is 1. The Bertz CT molecular complexity index is 458. The molecule has 0 heterocycles. The van der Waals surface area contributed by atoms with Crippen molar-refractivity contribution in [3.05, 3.63) is 36.4 Å². The van der Waals surface area contributed by atoms with E-state index in [4.69, 9.17) is 18.9 Å². The summed E-state index contributed by atoms with van der Waals surface area (Å²) < 4.78 is 21.1. The predicted molar refractivity (Wildman–Crippen MR) is 93.7 cm³/mol. The molecule has 0 fully saturated rings. The molecule has 0 saturated carbocycles. The maximum absolute atomic E-state index is 10.1. The fourth-order valence-electron chi connectivity index (χ4n) is 2.31. The van der Waals surface area contributed by atoms with Gasteiger partial charge in [0.1, 0.15) is 11.5 Å². The Hall–Kier alpha value is -1.60. The van der Waals surface area contributed by atoms with E-state index in [0.29, 0.717) is 32.8 Å². The minimum Gasteiger partial charge on any atom is -0.497 e. The van der Waals surface area contributed by atoms with Crippen molar-refractivity contribution in [3.63, 3.8) is 0 Å². The Morgan fingerprint density at radius 1 is 1.17 bits per heavy atom. The van der Waals surface area contributed by atoms with Crippen molar-refractivity contribution in [1.29, 1.82) is 0 Å². The van der Waals surface area contributed by atoms with Crippen LogP contribution in [-0.2, 0) is 16.0 Å². The summed E-state index contributed by atoms with van der Waals surface area (Å²) >= 11 is 0. The summed E-state index contributed by atoms with van der Waals surface area (Å²) in [6, 6.07) is 5.76. The second-order valence-electron chi connectivity index (χ2n) is 5.43. The highest BCUT2D eigenvalue weighted by atomic mass is 16.5. The number of hydrogen-bond acceptors (Lipinski definition) is 6. The number of methoxy groups -OCH3 is 3. The van der Waals surface area contributed by atoms with Gasteiger partial charge in [0.15, 0.2) is 0 Å². The van der Waals surface area contributed by atoms with Crippen LogP contribution in [0.25, 0.3) is 0 Å². The fourth-order valence-corrected chi connectivity index (χ4v) is 2.31. The van der Waals surface area contributed by atoms with Gasteiger partial charge in [-0.3, -0.25) is 4.90 Å². The molecule has 0 aliphatic carbocycles. The Morgan fingerprint density at radius 2 is 1.83 bits per heavy atom. The van der Waals surface area contributed by atoms with E-state index in [-0.39, 0.29) is 6.61 Å². The molecule has 1 rings (SSSR count). The monoisotopic (exact) mass is 339 g/mol. The summed E-state index contributed by atoms with van der Waals surface area (Å²) in [4.78, 5) is 2.11. The SMILES string of the molecule is C=CCOC[C@@H](O)CN(CCOC)Cc1cc(OC)cc(OC)c1. The Morgan fingerprint density at radius 3 is 2.38 bits per heavy atom. The van der Waals surface area contributed by atoms with Crippen LogP contribution < -0.4 is 9.47 Å². The van der Waals surface area contributed by atoms with Crippen molar-refractivity contribution in [2.24, 2.45) is 0 Å². The highest BCUT2D eigenvalue weighted by molar-refractivity contribution is 5.38. The van der Waals surface area contributed by atoms with Crippen LogP contribution in [0.1, 0.15) is 5.56 Å². The number of benzene rings is 1. The van der Waals surface area contributed by atoms with E-state index in [1.807, 2.05) is 18.2 Å². The predicted octanol–water partition coefficient (Wildman–Crippen LogP) is 1.72. The lowest BCUT2D eigenvalue weighted by molar-refractivity contribution is 0.0194. The summed E-state index contributed by atoms with van der Waals surface area (Å²) in [6.07, 6.45) is 1.09. The van der Waals surface area contributed by atoms with Gasteiger partial charge in [-0.15, -0.1) is 6.58 Å². The Labute approximate surface area is 144 Å². The average molecular weight is 339 g/mol. The molecule has 0 unspecified atom stereocenters. The molecule has 6 heteroatoms. The van der Waals surface area contributed by atoms with Gasteiger partial charge in [0.05, 0.1) is 40.1 Å². The van der Waals surface area contributed by atoms with Crippen LogP contribution in [0, 0.1) is 0 Å². The van der Waals surface area contributed by atoms with E-state index in [1.54, 1.807) is 27.4 Å². The van der Waals surface area contributed by atoms with E-state index >= 15 is 0 Å². The zero-order chi connectivity index (χ0) is 17.8. The van der Waals surface area contributed by atoms with Gasteiger partial charge < -0.3 is 24.1 Å². The molecule has 1 atom stereocenters. The van der Waals surface area contributed by atoms with Gasteiger partial charge in [0.25, 0.3) is 0 Å². The molecule has 0 radical (unpaired) electrons. The summed E-state index contributed by atoms with van der Waals surface area (Å²) in [5, 5.41) is 10.1. The largest absolute Gasteiger partial charge is 0.497 e. The number of nitrogens with zero attached hydrogens (tertiary/aromatic N) is 1. The highest BCUT2D eigenvalue weighted by Gasteiger charge is 2.14. The normalized spacial score (nSPS) is 12.2. The topological polar surface area (TPSA) is 60.4 Å². The van der Waals surface area contributed by atoms with Gasteiger partial charge in [0, 0.05) is 32.8 Å². The van der Waals surface area contributed by atoms with Crippen LogP contribution in [0.2, 0.25) is 0 Å². The Kier molecular flexibility index (Phi) is 10.1. The minimum absolute atomic E-state index is 0.275. The second-order valence-corrected chi connectivity index (χ2v) is 5.43. The first-order valence-corrected chi connectivity index (χ1v) is 7.92. The number of aliphatic hydroxyl groups excluding tert-OH is 1. The first kappa shape index (κ1) is 20.4. The molecular formula is C18H29NO5. The number of aliphatic hydroxyl groups is 1. The molecule has 24 heavy (non-hydrogen) atoms. The van der Waals surface area contributed by atoms with E-state index in [1.165, 1.54) is 0 Å². The standard InChI is InChI=1S/C18H29NO5/c1-5-7-24-14-16(20)13-19(6-8-21-2)12-15-9-17(22-3)11-18(10-15)23-4/h5,9-11,16,20H,1,6-8,12-14H2,2-4H3/t16-/m0/s1. The summed E-state index contributed by atoms with van der Waals surface area (Å²) in [7, 11) is 4.92. The first-order chi connectivity index (χ1) is 11.6. The van der Waals surface area contributed by atoms with Gasteiger partial charge >= 0.3 is 0 Å². The van der Waals surface area contributed by atoms with Crippen LogP contribution in [0.15, 0.2) is 30.9 Å². The molecule has 0 aromatic heterocycles. The van der Waals surface area contributed by atoms with Gasteiger partial charge in [0.2, 0.25) is 0 Å². The average Bonchev–Trinajstić information content (AvgIpc) is 2.59. The van der Waals surface area contributed by atoms with E-state index in [9.17, 15) is 5.11 Å². The number of ether oxygens (including phenoxy) is 4. The quantitative estimate of drug-likeness (QED) is 0.436. The van der Waals surface area contributed by atoms with Gasteiger partial charge in [-0.2, -0.15) is 0 Å². The van der Waals surface area contributed by atoms with E-state index < -0.39 is 6.10 Å². The first-order valence-electron chi connectivity index (χ1n) is 7.92. The maximum Gasteiger partial charge on any atom is 0.122 e. The molecule has 1 aromatic carbocycles. The van der Waals surface area contributed by atoms with Crippen molar-refractivity contribution in [2.45, 2.75) is 12.6 Å². The van der Waals surface area contributed by atoms with Crippen LogP contribution in [0.4, 0.5) is 0 Å². The molecule has 0 amide bonds. The summed E-state index contributed by atoms with van der Waals surface area (Å²) in [5.74, 6) is 1.48. The molecule has 1 N–H and O–H groups in total. The third-order valence-corrected chi connectivity index (χ3v) is 3.44. The number of rotatable bonds is 13. The highest BCUT2D eigenvalue weighted by Crippen LogP contribution is 2.23. The van der Waals surface area contributed by atoms with Crippen LogP contribution >= 0.6 is 0 Å². The smallest absolute Gasteiger partial charge is 0.122 e. The molecule has 6 nitrogen and oxygen atoms in total. The zero-order valence-electron chi connectivity index (χ0n) is 14.9. The van der Waals surface area contributed by atoms with E-state index in [0.717, 1.165) is 17.1 Å². The Balaban J connectivity index is 2.72. The molecule has 0 aliphatic heterocycles. The lowest BCUT2D eigenvalue weighted by Crippen LogP contribution is -2.36. The zero-order valence-corrected chi connectivity index (χ0v) is 14.9. The van der Waals surface area contributed by atoms with Gasteiger partial charge in [-0.1, -0.05) is 6.08 Å². The van der Waals surface area contributed by atoms with Crippen LogP contribution in [-0.4, -0.2) is 70.3 Å². The second kappa shape index (κ2) is 11.9. The van der Waals surface area contributed by atoms with Crippen LogP contribution in [0.5, 0.6) is 11.5 Å². The van der Waals surface area contributed by atoms with Gasteiger partial charge in [-0.05, 0) is 17.7 Å². The van der Waals surface area contributed by atoms with E-state index in [2.05, 4.69) is 11.5 Å². The van der Waals surface area contributed by atoms with Crippen LogP contribution in [0.3, 0.4) is 0 Å². The lowest BCUT2D eigenvalue weighted by Gasteiger charge is -2.25. The molecule has 0 saturated heterocycles. The van der Waals surface area contributed by atoms with Crippen molar-refractivity contribution in [3.8, 4) is 11.5 Å². The molecule has 0 bridgehead atoms. The van der Waals surface area contributed by atoms with Crippen molar-refractivity contribution >= 4 is 0 Å². The molecule has 0 spiro atoms. The molecular weight excluding hydrogens is 310 g/mol. The maximum atomic E-state index is 10.1. The third kappa shape index (κ3) is 7.79. The summed E-state index contributed by atoms with van der Waals surface area (Å²) in [5.41, 5.74) is 1.04. The third-order valence-electron chi connectivity index (χ3n) is 3.44. The molecule has 1 aromatic rings. The molecule has 136 valence electrons.